The molecule has 0 unspecified atom stereocenters. The van der Waals surface area contributed by atoms with Gasteiger partial charge in [-0.05, 0) is 17.7 Å². The third-order valence-corrected chi connectivity index (χ3v) is 6.94. The molecule has 1 heterocycles. The first-order valence-electron chi connectivity index (χ1n) is 6.11. The predicted octanol–water partition coefficient (Wildman–Crippen LogP) is 3.56. The first-order valence-corrected chi connectivity index (χ1v) is 8.94. The molecule has 0 N–H and O–H groups in total. The van der Waals surface area contributed by atoms with Crippen LogP contribution >= 0.6 is 6.49 Å². The van der Waals surface area contributed by atoms with Crippen molar-refractivity contribution < 1.29 is 9.05 Å². The summed E-state index contributed by atoms with van der Waals surface area (Å²) in [7, 11) is 0. The second kappa shape index (κ2) is 5.27. The topological polar surface area (TPSA) is 18.5 Å². The van der Waals surface area contributed by atoms with Gasteiger partial charge < -0.3 is 9.05 Å². The first kappa shape index (κ1) is 12.0. The minimum absolute atomic E-state index is 0.618. The van der Waals surface area contributed by atoms with Gasteiger partial charge in [0, 0.05) is 12.1 Å². The summed E-state index contributed by atoms with van der Waals surface area (Å²) in [5, 5.41) is 0. The van der Waals surface area contributed by atoms with Gasteiger partial charge in [-0.25, -0.2) is 0 Å². The van der Waals surface area contributed by atoms with E-state index in [-0.39, 0.29) is 0 Å². The molecule has 0 amide bonds. The third kappa shape index (κ3) is 3.03. The average Bonchev–Trinajstić information content (AvgIpc) is 2.31. The van der Waals surface area contributed by atoms with Gasteiger partial charge in [-0.15, -0.1) is 0 Å². The van der Waals surface area contributed by atoms with Gasteiger partial charge in [-0.3, -0.25) is 0 Å². The molecule has 4 heteroatoms. The zero-order valence-electron chi connectivity index (χ0n) is 9.48. The van der Waals surface area contributed by atoms with Crippen LogP contribution in [0, 0.1) is 11.8 Å². The monoisotopic (exact) mass is 248 g/mol. The van der Waals surface area contributed by atoms with Crippen molar-refractivity contribution in [3.8, 4) is 0 Å². The highest BCUT2D eigenvalue weighted by atomic mass is 32.5. The Morgan fingerprint density at radius 3 is 2.20 bits per heavy atom. The Hall–Kier alpha value is 0.570. The average molecular weight is 248 g/mol. The van der Waals surface area contributed by atoms with Gasteiger partial charge in [0.15, 0.2) is 6.49 Å². The van der Waals surface area contributed by atoms with Crippen molar-refractivity contribution in [1.82, 2.24) is 0 Å². The Kier molecular flexibility index (Phi) is 4.23. The van der Waals surface area contributed by atoms with Crippen molar-refractivity contribution in [1.29, 1.82) is 0 Å². The molecule has 1 aliphatic heterocycles. The Bertz CT molecular complexity index is 239. The van der Waals surface area contributed by atoms with Crippen LogP contribution in [0.25, 0.3) is 0 Å². The van der Waals surface area contributed by atoms with Crippen LogP contribution in [-0.2, 0) is 20.9 Å². The summed E-state index contributed by atoms with van der Waals surface area (Å²) in [6, 6.07) is 0. The molecule has 88 valence electrons. The van der Waals surface area contributed by atoms with Crippen molar-refractivity contribution in [2.24, 2.45) is 11.8 Å². The van der Waals surface area contributed by atoms with Gasteiger partial charge in [0.1, 0.15) is 0 Å². The molecule has 0 atom stereocenters. The van der Waals surface area contributed by atoms with Crippen LogP contribution in [-0.4, -0.2) is 19.4 Å². The van der Waals surface area contributed by atoms with E-state index >= 15 is 0 Å². The summed E-state index contributed by atoms with van der Waals surface area (Å²) in [6.07, 6.45) is 7.81. The van der Waals surface area contributed by atoms with Crippen LogP contribution in [0.1, 0.15) is 39.0 Å². The summed E-state index contributed by atoms with van der Waals surface area (Å²) < 4.78 is 11.6. The van der Waals surface area contributed by atoms with E-state index in [0.29, 0.717) is 5.92 Å². The molecule has 15 heavy (non-hydrogen) atoms. The molecular weight excluding hydrogens is 227 g/mol. The van der Waals surface area contributed by atoms with Crippen LogP contribution in [0.3, 0.4) is 0 Å². The van der Waals surface area contributed by atoms with Gasteiger partial charge >= 0.3 is 0 Å². The van der Waals surface area contributed by atoms with E-state index in [9.17, 15) is 0 Å². The Labute approximate surface area is 97.9 Å². The van der Waals surface area contributed by atoms with Gasteiger partial charge in [-0.1, -0.05) is 39.0 Å². The molecule has 0 spiro atoms. The van der Waals surface area contributed by atoms with Crippen molar-refractivity contribution in [3.05, 3.63) is 0 Å². The van der Waals surface area contributed by atoms with Crippen molar-refractivity contribution in [2.75, 3.05) is 19.4 Å². The molecule has 2 aliphatic rings. The second-order valence-corrected chi connectivity index (χ2v) is 8.72. The summed E-state index contributed by atoms with van der Waals surface area (Å²) in [6.45, 7) is 1.94. The van der Waals surface area contributed by atoms with Crippen molar-refractivity contribution in [3.63, 3.8) is 0 Å². The molecule has 2 rings (SSSR count). The first-order chi connectivity index (χ1) is 7.23. The zero-order chi connectivity index (χ0) is 10.7. The molecule has 2 fully saturated rings. The van der Waals surface area contributed by atoms with E-state index in [2.05, 4.69) is 6.92 Å². The number of hydrogen-bond donors (Lipinski definition) is 0. The van der Waals surface area contributed by atoms with Crippen molar-refractivity contribution >= 4 is 18.3 Å². The Balaban J connectivity index is 1.84. The molecule has 1 saturated carbocycles. The molecular formula is C11H21O2PS. The van der Waals surface area contributed by atoms with Gasteiger partial charge in [-0.2, -0.15) is 0 Å². The maximum Gasteiger partial charge on any atom is 0.188 e. The van der Waals surface area contributed by atoms with E-state index in [4.69, 9.17) is 20.9 Å². The van der Waals surface area contributed by atoms with E-state index < -0.39 is 6.49 Å². The smallest absolute Gasteiger partial charge is 0.188 e. The van der Waals surface area contributed by atoms with Crippen LogP contribution in [0.2, 0.25) is 0 Å². The van der Waals surface area contributed by atoms with E-state index in [1.165, 1.54) is 32.1 Å². The second-order valence-electron chi connectivity index (χ2n) is 4.68. The highest BCUT2D eigenvalue weighted by molar-refractivity contribution is 8.09. The van der Waals surface area contributed by atoms with Gasteiger partial charge in [0.25, 0.3) is 0 Å². The van der Waals surface area contributed by atoms with Gasteiger partial charge in [0.05, 0.1) is 13.2 Å². The maximum atomic E-state index is 5.78. The lowest BCUT2D eigenvalue weighted by Crippen LogP contribution is -2.30. The maximum absolute atomic E-state index is 5.78. The van der Waals surface area contributed by atoms with Crippen LogP contribution in [0.15, 0.2) is 0 Å². The van der Waals surface area contributed by atoms with E-state index in [0.717, 1.165) is 25.3 Å². The number of hydrogen-bond acceptors (Lipinski definition) is 3. The highest BCUT2D eigenvalue weighted by Crippen LogP contribution is 2.52. The van der Waals surface area contributed by atoms with E-state index in [1.807, 2.05) is 0 Å². The molecule has 0 aromatic carbocycles. The highest BCUT2D eigenvalue weighted by Gasteiger charge is 2.32. The van der Waals surface area contributed by atoms with Crippen LogP contribution < -0.4 is 0 Å². The Morgan fingerprint density at radius 2 is 1.67 bits per heavy atom. The fourth-order valence-electron chi connectivity index (χ4n) is 2.56. The molecule has 0 aromatic heterocycles. The predicted molar refractivity (Wildman–Crippen MR) is 66.8 cm³/mol. The van der Waals surface area contributed by atoms with E-state index in [1.54, 1.807) is 0 Å². The SMILES string of the molecule is CCP1(=S)OCC(C2CCCCC2)CO1. The minimum Gasteiger partial charge on any atom is -0.329 e. The fraction of sp³-hybridized carbons (Fsp3) is 1.00. The molecule has 0 aromatic rings. The molecule has 0 bridgehead atoms. The minimum atomic E-state index is -1.85. The standard InChI is InChI=1S/C11H21O2PS/c1-2-14(15)12-8-11(9-13-14)10-6-4-3-5-7-10/h10-11H,2-9H2,1H3. The van der Waals surface area contributed by atoms with Gasteiger partial charge in [0.2, 0.25) is 0 Å². The lowest BCUT2D eigenvalue weighted by Gasteiger charge is -2.36. The lowest BCUT2D eigenvalue weighted by molar-refractivity contribution is 0.0669. The fourth-order valence-corrected chi connectivity index (χ4v) is 4.21. The summed E-state index contributed by atoms with van der Waals surface area (Å²) in [4.78, 5) is 0. The van der Waals surface area contributed by atoms with Crippen molar-refractivity contribution in [2.45, 2.75) is 39.0 Å². The zero-order valence-corrected chi connectivity index (χ0v) is 11.2. The summed E-state index contributed by atoms with van der Waals surface area (Å²) in [5.74, 6) is 1.45. The van der Waals surface area contributed by atoms with Crippen LogP contribution in [0.5, 0.6) is 0 Å². The largest absolute Gasteiger partial charge is 0.329 e. The lowest BCUT2D eigenvalue weighted by atomic mass is 9.81. The number of rotatable bonds is 2. The molecule has 1 aliphatic carbocycles. The summed E-state index contributed by atoms with van der Waals surface area (Å²) in [5.41, 5.74) is 0. The Morgan fingerprint density at radius 1 is 1.07 bits per heavy atom. The normalized spacial score (nSPS) is 39.1. The van der Waals surface area contributed by atoms with Crippen LogP contribution in [0.4, 0.5) is 0 Å². The summed E-state index contributed by atoms with van der Waals surface area (Å²) >= 11 is 5.38. The molecule has 0 radical (unpaired) electrons. The molecule has 1 saturated heterocycles. The third-order valence-electron chi connectivity index (χ3n) is 3.67. The molecule has 2 nitrogen and oxygen atoms in total. The quantitative estimate of drug-likeness (QED) is 0.696.